The monoisotopic (exact) mass is 484 g/mol. The van der Waals surface area contributed by atoms with Crippen molar-refractivity contribution in [2.45, 2.75) is 0 Å². The summed E-state index contributed by atoms with van der Waals surface area (Å²) in [5, 5.41) is 20.7. The van der Waals surface area contributed by atoms with Gasteiger partial charge in [-0.3, -0.25) is 67.5 Å². The smallest absolute Gasteiger partial charge is 0.336 e. The van der Waals surface area contributed by atoms with Crippen molar-refractivity contribution in [3.63, 3.8) is 0 Å². The second kappa shape index (κ2) is 27.9. The number of aliphatic hydroxyl groups is 1. The van der Waals surface area contributed by atoms with Crippen LogP contribution in [0.4, 0.5) is 0 Å². The molecule has 0 aliphatic rings. The van der Waals surface area contributed by atoms with E-state index < -0.39 is 20.8 Å². The minimum atomic E-state index is -5.17. The number of guanidine groups is 3. The van der Waals surface area contributed by atoms with Crippen molar-refractivity contribution in [1.29, 1.82) is 0 Å². The summed E-state index contributed by atoms with van der Waals surface area (Å²) in [5.74, 6) is -0.250. The Morgan fingerprint density at radius 2 is 0.800 bits per heavy atom. The summed E-state index contributed by atoms with van der Waals surface area (Å²) < 4.78 is 68.2. The van der Waals surface area contributed by atoms with Crippen LogP contribution in [-0.4, -0.2) is 65.1 Å². The molecule has 0 spiro atoms. The summed E-state index contributed by atoms with van der Waals surface area (Å²) in [5.41, 5.74) is 27.5. The number of nitrogens with two attached hydrogens (primary N) is 9. The molecule has 0 fully saturated rings. The van der Waals surface area contributed by atoms with Crippen molar-refractivity contribution in [1.82, 2.24) is 0 Å². The maximum Gasteiger partial charge on any atom is 0.336 e. The number of hydrogen-bond donors (Lipinski definition) is 10. The highest BCUT2D eigenvalue weighted by atomic mass is 32.3. The van der Waals surface area contributed by atoms with E-state index in [1.54, 1.807) is 0 Å². The van der Waals surface area contributed by atoms with Gasteiger partial charge in [0.05, 0.1) is 0 Å². The van der Waals surface area contributed by atoms with Crippen LogP contribution in [0.1, 0.15) is 0 Å². The first-order valence-corrected chi connectivity index (χ1v) is 8.96. The highest BCUT2D eigenvalue weighted by molar-refractivity contribution is 7.79. The molecule has 0 unspecified atom stereocenters. The summed E-state index contributed by atoms with van der Waals surface area (Å²) in [7, 11) is -9.33. The predicted molar refractivity (Wildman–Crippen MR) is 98.0 cm³/mol. The number of aliphatic hydroxyl groups excluding tert-OH is 1. The summed E-state index contributed by atoms with van der Waals surface area (Å²) in [6.07, 6.45) is 3.75. The van der Waals surface area contributed by atoms with Gasteiger partial charge in [0, 0.05) is 40.0 Å². The molecule has 1 aromatic rings. The molecule has 1 rings (SSSR count). The van der Waals surface area contributed by atoms with Crippen LogP contribution >= 0.6 is 0 Å². The maximum atomic E-state index is 8.52. The quantitative estimate of drug-likeness (QED) is 0.0706. The number of rotatable bonds is 0. The van der Waals surface area contributed by atoms with E-state index in [-0.39, 0.29) is 17.9 Å². The van der Waals surface area contributed by atoms with E-state index in [1.165, 1.54) is 0 Å². The van der Waals surface area contributed by atoms with Gasteiger partial charge in [-0.05, 0) is 0 Å². The van der Waals surface area contributed by atoms with Crippen molar-refractivity contribution in [3.05, 3.63) is 30.6 Å². The Morgan fingerprint density at radius 3 is 0.833 bits per heavy atom. The number of aromatic amines is 1. The number of hydrogen-bond acceptors (Lipinski definition) is 9. The first kappa shape index (κ1) is 41.1. The van der Waals surface area contributed by atoms with Gasteiger partial charge in [0.25, 0.3) is 0 Å². The first-order chi connectivity index (χ1) is 13.2. The van der Waals surface area contributed by atoms with Gasteiger partial charge in [0.2, 0.25) is 0 Å². The average molecular weight is 485 g/mol. The summed E-state index contributed by atoms with van der Waals surface area (Å²) >= 11 is 0. The van der Waals surface area contributed by atoms with E-state index in [2.05, 4.69) is 55.6 Å². The first-order valence-electron chi connectivity index (χ1n) is 6.29. The summed E-state index contributed by atoms with van der Waals surface area (Å²) in [6.45, 7) is 0. The van der Waals surface area contributed by atoms with Gasteiger partial charge in [0.15, 0.2) is 12.4 Å². The lowest BCUT2D eigenvalue weighted by molar-refractivity contribution is -0.378. The fourth-order valence-electron chi connectivity index (χ4n) is 0.342. The van der Waals surface area contributed by atoms with Crippen LogP contribution in [0.3, 0.4) is 0 Å². The van der Waals surface area contributed by atoms with Crippen LogP contribution in [0.2, 0.25) is 0 Å². The van der Waals surface area contributed by atoms with Gasteiger partial charge in [-0.15, -0.1) is 0 Å². The molecule has 20 N–H and O–H groups in total. The van der Waals surface area contributed by atoms with Crippen molar-refractivity contribution in [2.75, 3.05) is 7.11 Å². The normalized spacial score (nSPS) is 8.07. The molecule has 0 radical (unpaired) electrons. The van der Waals surface area contributed by atoms with Crippen LogP contribution in [-0.2, 0) is 20.8 Å². The molecule has 0 atom stereocenters. The van der Waals surface area contributed by atoms with Crippen molar-refractivity contribution < 1.29 is 61.4 Å². The summed E-state index contributed by atoms with van der Waals surface area (Å²) in [6, 6.07) is 5.86. The molecule has 0 saturated carbocycles. The molecule has 30 heavy (non-hydrogen) atoms. The SMILES string of the molecule is CO.NC(N)=[NH2+].NC(N)=[NH2+].NC(N)=[NH2+].O=S(=O)([O-])[O-].O=S(=O)([O-])[O-].c1cc[nH+]cc1. The zero-order valence-electron chi connectivity index (χ0n) is 15.6. The van der Waals surface area contributed by atoms with Crippen molar-refractivity contribution >= 4 is 38.7 Å². The number of H-pyrrole nitrogens is 1. The Labute approximate surface area is 172 Å². The predicted octanol–water partition coefficient (Wildman–Crippen LogP) is -11.5. The van der Waals surface area contributed by atoms with E-state index in [0.717, 1.165) is 7.11 Å². The Hall–Kier alpha value is -3.34. The second-order valence-electron chi connectivity index (χ2n) is 3.39. The van der Waals surface area contributed by atoms with E-state index >= 15 is 0 Å². The number of aromatic nitrogens is 1. The number of pyridine rings is 1. The molecule has 0 saturated heterocycles. The van der Waals surface area contributed by atoms with Gasteiger partial charge in [-0.2, -0.15) is 0 Å². The van der Waals surface area contributed by atoms with Gasteiger partial charge >= 0.3 is 17.9 Å². The Bertz CT molecular complexity index is 615. The van der Waals surface area contributed by atoms with E-state index in [4.69, 9.17) is 40.2 Å². The van der Waals surface area contributed by atoms with Gasteiger partial charge in [-0.25, -0.2) is 4.98 Å². The van der Waals surface area contributed by atoms with Crippen LogP contribution < -0.4 is 55.6 Å². The average Bonchev–Trinajstić information content (AvgIpc) is 2.46. The van der Waals surface area contributed by atoms with Crippen LogP contribution in [0.15, 0.2) is 30.6 Å². The Balaban J connectivity index is -0.0000000571. The van der Waals surface area contributed by atoms with E-state index in [9.17, 15) is 0 Å². The Kier molecular flexibility index (Phi) is 38.2. The van der Waals surface area contributed by atoms with Crippen LogP contribution in [0, 0.1) is 0 Å². The topological polar surface area (TPSA) is 428 Å². The van der Waals surface area contributed by atoms with Gasteiger partial charge in [-0.1, -0.05) is 6.07 Å². The standard InChI is InChI=1S/C5H5N.3CH5N3.CH4O.2H2O4S/c1-2-4-6-5-3-1;3*2-1(3)4;1-2;2*1-5(2,3)4/h1-5H;3*(H5,2,3,4);2H,1H3;2*(H2,1,2,3,4). The van der Waals surface area contributed by atoms with E-state index in [1.807, 2.05) is 30.6 Å². The lowest BCUT2D eigenvalue weighted by Crippen LogP contribution is -2.51. The molecule has 0 amide bonds. The van der Waals surface area contributed by atoms with Gasteiger partial charge in [0.1, 0.15) is 0 Å². The third-order valence-corrected chi connectivity index (χ3v) is 0.607. The fourth-order valence-corrected chi connectivity index (χ4v) is 0.342. The van der Waals surface area contributed by atoms with Gasteiger partial charge < -0.3 is 23.3 Å². The molecule has 21 heteroatoms. The molecule has 0 aromatic carbocycles. The lowest BCUT2D eigenvalue weighted by atomic mass is 10.5. The Morgan fingerprint density at radius 1 is 0.667 bits per heavy atom. The van der Waals surface area contributed by atoms with Crippen molar-refractivity contribution in [2.24, 2.45) is 34.4 Å². The number of nitrogens with one attached hydrogen (secondary N) is 1. The molecule has 0 aliphatic heterocycles. The molecular weight excluding hydrogens is 456 g/mol. The third kappa shape index (κ3) is 1950. The molecule has 0 bridgehead atoms. The maximum absolute atomic E-state index is 8.52. The van der Waals surface area contributed by atoms with E-state index in [0.29, 0.717) is 0 Å². The molecule has 19 nitrogen and oxygen atoms in total. The van der Waals surface area contributed by atoms with Crippen LogP contribution in [0.25, 0.3) is 0 Å². The molecule has 0 aliphatic carbocycles. The fraction of sp³-hybridized carbons (Fsp3) is 0.111. The largest absolute Gasteiger partial charge is 0.759 e. The van der Waals surface area contributed by atoms with Crippen LogP contribution in [0.5, 0.6) is 0 Å². The zero-order valence-corrected chi connectivity index (χ0v) is 17.2. The highest BCUT2D eigenvalue weighted by Gasteiger charge is 1.66. The molecule has 1 aromatic heterocycles. The van der Waals surface area contributed by atoms with Crippen molar-refractivity contribution in [3.8, 4) is 0 Å². The molecular formula is C9H28N10O9S2. The highest BCUT2D eigenvalue weighted by Crippen LogP contribution is 1.68. The summed E-state index contributed by atoms with van der Waals surface area (Å²) in [4.78, 5) is 2.89. The minimum absolute atomic E-state index is 0.0833. The minimum Gasteiger partial charge on any atom is -0.759 e. The third-order valence-electron chi connectivity index (χ3n) is 0.607. The zero-order chi connectivity index (χ0) is 26.0. The lowest BCUT2D eigenvalue weighted by Gasteiger charge is -2.06. The molecule has 180 valence electrons. The second-order valence-corrected chi connectivity index (χ2v) is 5.03. The molecule has 1 heterocycles.